The first-order valence-corrected chi connectivity index (χ1v) is 8.58. The predicted molar refractivity (Wildman–Crippen MR) is 79.9 cm³/mol. The average Bonchev–Trinajstić information content (AvgIpc) is 2.37. The summed E-state index contributed by atoms with van der Waals surface area (Å²) in [5.41, 5.74) is 0. The molecule has 1 heterocycles. The Morgan fingerprint density at radius 2 is 2.18 bits per heavy atom. The van der Waals surface area contributed by atoms with Crippen molar-refractivity contribution in [3.63, 3.8) is 0 Å². The molecule has 3 atom stereocenters. The fourth-order valence-electron chi connectivity index (χ4n) is 2.65. The molecule has 1 aliphatic rings. The Balaban J connectivity index is 2.49. The van der Waals surface area contributed by atoms with Crippen LogP contribution in [0.5, 0.6) is 0 Å². The summed E-state index contributed by atoms with van der Waals surface area (Å²) in [7, 11) is 0. The van der Waals surface area contributed by atoms with Gasteiger partial charge in [-0.05, 0) is 18.6 Å². The third-order valence-electron chi connectivity index (χ3n) is 4.10. The number of rotatable bonds is 7. The van der Waals surface area contributed by atoms with Crippen molar-refractivity contribution in [1.29, 1.82) is 0 Å². The molecule has 0 radical (unpaired) electrons. The molecule has 0 amide bonds. The van der Waals surface area contributed by atoms with Gasteiger partial charge >= 0.3 is 0 Å². The molecule has 0 saturated carbocycles. The Morgan fingerprint density at radius 1 is 1.41 bits per heavy atom. The van der Waals surface area contributed by atoms with Crippen LogP contribution in [0.4, 0.5) is 0 Å². The Labute approximate surface area is 112 Å². The summed E-state index contributed by atoms with van der Waals surface area (Å²) in [6, 6.07) is 1.47. The van der Waals surface area contributed by atoms with Crippen molar-refractivity contribution < 1.29 is 0 Å². The van der Waals surface area contributed by atoms with E-state index in [4.69, 9.17) is 0 Å². The summed E-state index contributed by atoms with van der Waals surface area (Å²) in [4.78, 5) is 2.73. The maximum absolute atomic E-state index is 3.76. The maximum Gasteiger partial charge on any atom is 0.0221 e. The highest BCUT2D eigenvalue weighted by atomic mass is 32.2. The van der Waals surface area contributed by atoms with Crippen molar-refractivity contribution >= 4 is 11.8 Å². The van der Waals surface area contributed by atoms with Crippen LogP contribution in [-0.2, 0) is 0 Å². The van der Waals surface area contributed by atoms with E-state index < -0.39 is 0 Å². The van der Waals surface area contributed by atoms with E-state index in [1.807, 2.05) is 11.8 Å². The van der Waals surface area contributed by atoms with Gasteiger partial charge in [0.25, 0.3) is 0 Å². The molecule has 102 valence electrons. The number of nitrogens with zero attached hydrogens (tertiary/aromatic N) is 1. The van der Waals surface area contributed by atoms with Crippen molar-refractivity contribution in [2.45, 2.75) is 52.1 Å². The molecule has 2 nitrogen and oxygen atoms in total. The average molecular weight is 258 g/mol. The van der Waals surface area contributed by atoms with Crippen LogP contribution < -0.4 is 5.32 Å². The number of piperazine rings is 1. The second-order valence-electron chi connectivity index (χ2n) is 5.33. The summed E-state index contributed by atoms with van der Waals surface area (Å²) in [6.45, 7) is 10.7. The van der Waals surface area contributed by atoms with Crippen LogP contribution in [-0.4, -0.2) is 48.6 Å². The third kappa shape index (κ3) is 4.80. The van der Waals surface area contributed by atoms with Crippen LogP contribution in [0.15, 0.2) is 0 Å². The van der Waals surface area contributed by atoms with Crippen LogP contribution in [0.3, 0.4) is 0 Å². The second-order valence-corrected chi connectivity index (χ2v) is 6.32. The minimum absolute atomic E-state index is 0.704. The monoisotopic (exact) mass is 258 g/mol. The first kappa shape index (κ1) is 15.3. The van der Waals surface area contributed by atoms with Crippen molar-refractivity contribution in [3.8, 4) is 0 Å². The first-order valence-electron chi connectivity index (χ1n) is 7.19. The van der Waals surface area contributed by atoms with Crippen LogP contribution in [0, 0.1) is 5.92 Å². The van der Waals surface area contributed by atoms with Crippen molar-refractivity contribution in [3.05, 3.63) is 0 Å². The molecule has 1 N–H and O–H groups in total. The molecule has 1 saturated heterocycles. The van der Waals surface area contributed by atoms with Gasteiger partial charge in [-0.25, -0.2) is 0 Å². The summed E-state index contributed by atoms with van der Waals surface area (Å²) in [6.07, 6.45) is 6.14. The van der Waals surface area contributed by atoms with Gasteiger partial charge in [0.05, 0.1) is 0 Å². The van der Waals surface area contributed by atoms with Gasteiger partial charge in [-0.3, -0.25) is 4.90 Å². The maximum atomic E-state index is 3.76. The molecule has 0 aliphatic carbocycles. The second kappa shape index (κ2) is 8.39. The van der Waals surface area contributed by atoms with Crippen LogP contribution >= 0.6 is 11.8 Å². The molecule has 0 aromatic heterocycles. The van der Waals surface area contributed by atoms with Gasteiger partial charge < -0.3 is 5.32 Å². The quantitative estimate of drug-likeness (QED) is 0.756. The van der Waals surface area contributed by atoms with Gasteiger partial charge in [0.2, 0.25) is 0 Å². The standard InChI is InChI=1S/C14H30N2S/c1-5-7-13-10-15-14(12(3)6-2)11-16(13)8-9-17-4/h12-15H,5-11H2,1-4H3. The fraction of sp³-hybridized carbons (Fsp3) is 1.00. The van der Waals surface area contributed by atoms with E-state index in [1.54, 1.807) is 0 Å². The smallest absolute Gasteiger partial charge is 0.0221 e. The number of hydrogen-bond acceptors (Lipinski definition) is 3. The van der Waals surface area contributed by atoms with Crippen molar-refractivity contribution in [1.82, 2.24) is 10.2 Å². The number of thioether (sulfide) groups is 1. The lowest BCUT2D eigenvalue weighted by Crippen LogP contribution is -2.58. The molecule has 1 rings (SSSR count). The van der Waals surface area contributed by atoms with Crippen LogP contribution in [0.25, 0.3) is 0 Å². The minimum atomic E-state index is 0.704. The summed E-state index contributed by atoms with van der Waals surface area (Å²) in [5.74, 6) is 2.07. The van der Waals surface area contributed by atoms with E-state index in [0.29, 0.717) is 6.04 Å². The Bertz CT molecular complexity index is 199. The topological polar surface area (TPSA) is 15.3 Å². The lowest BCUT2D eigenvalue weighted by Gasteiger charge is -2.42. The molecule has 0 aromatic rings. The van der Waals surface area contributed by atoms with Crippen molar-refractivity contribution in [2.24, 2.45) is 5.92 Å². The van der Waals surface area contributed by atoms with E-state index in [0.717, 1.165) is 12.0 Å². The lowest BCUT2D eigenvalue weighted by atomic mass is 9.94. The molecule has 0 bridgehead atoms. The van der Waals surface area contributed by atoms with Gasteiger partial charge in [0.15, 0.2) is 0 Å². The molecule has 0 aromatic carbocycles. The minimum Gasteiger partial charge on any atom is -0.311 e. The molecular formula is C14H30N2S. The highest BCUT2D eigenvalue weighted by molar-refractivity contribution is 7.98. The van der Waals surface area contributed by atoms with Gasteiger partial charge in [0.1, 0.15) is 0 Å². The van der Waals surface area contributed by atoms with E-state index in [1.165, 1.54) is 44.6 Å². The van der Waals surface area contributed by atoms with Gasteiger partial charge in [-0.2, -0.15) is 11.8 Å². The highest BCUT2D eigenvalue weighted by Crippen LogP contribution is 2.18. The van der Waals surface area contributed by atoms with E-state index in [-0.39, 0.29) is 0 Å². The molecule has 0 spiro atoms. The number of nitrogens with one attached hydrogen (secondary N) is 1. The Kier molecular flexibility index (Phi) is 7.56. The fourth-order valence-corrected chi connectivity index (χ4v) is 3.07. The summed E-state index contributed by atoms with van der Waals surface area (Å²) < 4.78 is 0. The summed E-state index contributed by atoms with van der Waals surface area (Å²) in [5, 5.41) is 3.76. The molecule has 3 heteroatoms. The zero-order valence-electron chi connectivity index (χ0n) is 12.0. The van der Waals surface area contributed by atoms with Gasteiger partial charge in [0, 0.05) is 37.5 Å². The Hall–Kier alpha value is 0.270. The Morgan fingerprint density at radius 3 is 2.76 bits per heavy atom. The number of hydrogen-bond donors (Lipinski definition) is 1. The zero-order chi connectivity index (χ0) is 12.7. The summed E-state index contributed by atoms with van der Waals surface area (Å²) >= 11 is 1.97. The molecule has 1 aliphatic heterocycles. The first-order chi connectivity index (χ1) is 8.22. The largest absolute Gasteiger partial charge is 0.311 e. The van der Waals surface area contributed by atoms with E-state index in [2.05, 4.69) is 37.2 Å². The van der Waals surface area contributed by atoms with Crippen LogP contribution in [0.2, 0.25) is 0 Å². The lowest BCUT2D eigenvalue weighted by molar-refractivity contribution is 0.110. The molecule has 17 heavy (non-hydrogen) atoms. The van der Waals surface area contributed by atoms with E-state index in [9.17, 15) is 0 Å². The van der Waals surface area contributed by atoms with E-state index >= 15 is 0 Å². The molecule has 3 unspecified atom stereocenters. The van der Waals surface area contributed by atoms with Gasteiger partial charge in [-0.1, -0.05) is 33.6 Å². The highest BCUT2D eigenvalue weighted by Gasteiger charge is 2.28. The predicted octanol–water partition coefficient (Wildman–Crippen LogP) is 2.84. The molecular weight excluding hydrogens is 228 g/mol. The van der Waals surface area contributed by atoms with Crippen LogP contribution in [0.1, 0.15) is 40.0 Å². The van der Waals surface area contributed by atoms with Crippen molar-refractivity contribution in [2.75, 3.05) is 31.6 Å². The van der Waals surface area contributed by atoms with Gasteiger partial charge in [-0.15, -0.1) is 0 Å². The molecule has 1 fully saturated rings. The normalized spacial score (nSPS) is 28.2. The zero-order valence-corrected chi connectivity index (χ0v) is 12.9. The third-order valence-corrected chi connectivity index (χ3v) is 4.69. The SMILES string of the molecule is CCCC1CNC(C(C)CC)CN1CCSC.